The van der Waals surface area contributed by atoms with Crippen molar-refractivity contribution in [2.75, 3.05) is 19.6 Å². The van der Waals surface area contributed by atoms with Crippen LogP contribution in [-0.2, 0) is 32.6 Å². The molecule has 1 heterocycles. The Morgan fingerprint density at radius 2 is 1.28 bits per heavy atom. The van der Waals surface area contributed by atoms with Gasteiger partial charge in [-0.15, -0.1) is 5.10 Å². The van der Waals surface area contributed by atoms with Gasteiger partial charge in [0.05, 0.1) is 12.1 Å². The summed E-state index contributed by atoms with van der Waals surface area (Å²) in [5.74, 6) is -0.147. The predicted molar refractivity (Wildman–Crippen MR) is 121 cm³/mol. The molecule has 0 bridgehead atoms. The van der Waals surface area contributed by atoms with Crippen LogP contribution in [0.25, 0.3) is 0 Å². The zero-order chi connectivity index (χ0) is 24.0. The quantitative estimate of drug-likeness (QED) is 0.322. The van der Waals surface area contributed by atoms with E-state index in [1.807, 2.05) is 0 Å². The number of nitrogens with zero attached hydrogens (tertiary/aromatic N) is 3. The van der Waals surface area contributed by atoms with E-state index in [0.717, 1.165) is 38.5 Å². The zero-order valence-electron chi connectivity index (χ0n) is 19.8. The summed E-state index contributed by atoms with van der Waals surface area (Å²) in [6.07, 6.45) is 6.88. The summed E-state index contributed by atoms with van der Waals surface area (Å²) >= 11 is 0. The maximum absolute atomic E-state index is 13.0. The Hall–Kier alpha value is -2.78. The second-order valence-electron chi connectivity index (χ2n) is 8.54. The van der Waals surface area contributed by atoms with Gasteiger partial charge in [0.15, 0.2) is 0 Å². The molecule has 0 unspecified atom stereocenters. The molecule has 0 aromatic carbocycles. The van der Waals surface area contributed by atoms with Crippen LogP contribution in [0, 0.1) is 5.41 Å². The van der Waals surface area contributed by atoms with Gasteiger partial charge < -0.3 is 16.0 Å². The van der Waals surface area contributed by atoms with Gasteiger partial charge >= 0.3 is 0 Å². The van der Waals surface area contributed by atoms with Crippen LogP contribution >= 0.6 is 0 Å². The molecule has 10 heteroatoms. The Kier molecular flexibility index (Phi) is 12.2. The second kappa shape index (κ2) is 14.3. The van der Waals surface area contributed by atoms with E-state index >= 15 is 0 Å². The van der Waals surface area contributed by atoms with Gasteiger partial charge in [-0.05, 0) is 43.9 Å². The molecule has 0 atom stereocenters. The maximum Gasteiger partial charge on any atom is 0.216 e. The molecule has 1 rings (SSSR count). The monoisotopic (exact) mass is 450 g/mol. The highest BCUT2D eigenvalue weighted by Crippen LogP contribution is 2.39. The van der Waals surface area contributed by atoms with Crippen molar-refractivity contribution in [3.8, 4) is 0 Å². The highest BCUT2D eigenvalue weighted by atomic mass is 16.2. The fraction of sp³-hybridized carbons (Fsp3) is 0.727. The standard InChI is InChI=1S/C22H38N6O4/c1-17(29)23-11-5-8-22(9-6-12-24-18(2)30,10-7-13-25-19(3)31)15-21(32)14-20-16-28(4)27-26-20/h16H,5-15H2,1-4H3,(H,23,29)(H,24,30)(H,25,31). The number of carbonyl (C=O) groups excluding carboxylic acids is 4. The normalized spacial score (nSPS) is 11.1. The number of Topliss-reactive ketones (excluding diaryl/α,β-unsaturated/α-hetero) is 1. The first kappa shape index (κ1) is 27.3. The minimum absolute atomic E-state index is 0.0781. The van der Waals surface area contributed by atoms with Crippen molar-refractivity contribution >= 4 is 23.5 Å². The minimum Gasteiger partial charge on any atom is -0.356 e. The summed E-state index contributed by atoms with van der Waals surface area (Å²) in [4.78, 5) is 46.7. The predicted octanol–water partition coefficient (Wildman–Crippen LogP) is 1.05. The molecule has 0 spiro atoms. The average Bonchev–Trinajstić information content (AvgIpc) is 3.10. The Morgan fingerprint density at radius 1 is 0.844 bits per heavy atom. The number of nitrogens with one attached hydrogen (secondary N) is 3. The van der Waals surface area contributed by atoms with Crippen LogP contribution in [0.3, 0.4) is 0 Å². The number of ketones is 1. The molecular formula is C22H38N6O4. The van der Waals surface area contributed by atoms with E-state index in [9.17, 15) is 19.2 Å². The molecule has 3 N–H and O–H groups in total. The van der Waals surface area contributed by atoms with E-state index in [-0.39, 0.29) is 35.3 Å². The van der Waals surface area contributed by atoms with Gasteiger partial charge in [-0.3, -0.25) is 23.9 Å². The van der Waals surface area contributed by atoms with Gasteiger partial charge in [-0.2, -0.15) is 0 Å². The van der Waals surface area contributed by atoms with Gasteiger partial charge in [0.1, 0.15) is 5.78 Å². The number of aryl methyl sites for hydroxylation is 1. The summed E-state index contributed by atoms with van der Waals surface area (Å²) in [7, 11) is 1.76. The largest absolute Gasteiger partial charge is 0.356 e. The SMILES string of the molecule is CC(=O)NCCCC(CCCNC(C)=O)(CCCNC(C)=O)CC(=O)Cc1cn(C)nn1. The van der Waals surface area contributed by atoms with E-state index in [4.69, 9.17) is 0 Å². The van der Waals surface area contributed by atoms with Gasteiger partial charge in [0.2, 0.25) is 17.7 Å². The highest BCUT2D eigenvalue weighted by molar-refractivity contribution is 5.81. The van der Waals surface area contributed by atoms with Crippen LogP contribution < -0.4 is 16.0 Å². The van der Waals surface area contributed by atoms with Crippen molar-refractivity contribution in [1.29, 1.82) is 0 Å². The third-order valence-electron chi connectivity index (χ3n) is 5.37. The molecule has 0 aliphatic heterocycles. The zero-order valence-corrected chi connectivity index (χ0v) is 19.8. The molecule has 180 valence electrons. The van der Waals surface area contributed by atoms with Gasteiger partial charge in [0.25, 0.3) is 0 Å². The van der Waals surface area contributed by atoms with Crippen molar-refractivity contribution in [2.24, 2.45) is 12.5 Å². The maximum atomic E-state index is 13.0. The summed E-state index contributed by atoms with van der Waals surface area (Å²) < 4.78 is 1.57. The van der Waals surface area contributed by atoms with Crippen molar-refractivity contribution < 1.29 is 19.2 Å². The Labute approximate surface area is 190 Å². The van der Waals surface area contributed by atoms with Crippen molar-refractivity contribution in [1.82, 2.24) is 30.9 Å². The van der Waals surface area contributed by atoms with Crippen molar-refractivity contribution in [2.45, 2.75) is 72.1 Å². The third kappa shape index (κ3) is 12.2. The summed E-state index contributed by atoms with van der Waals surface area (Å²) in [5, 5.41) is 16.4. The molecule has 0 radical (unpaired) electrons. The first-order chi connectivity index (χ1) is 15.1. The molecular weight excluding hydrogens is 412 g/mol. The average molecular weight is 451 g/mol. The van der Waals surface area contributed by atoms with Crippen molar-refractivity contribution in [3.05, 3.63) is 11.9 Å². The van der Waals surface area contributed by atoms with E-state index in [1.165, 1.54) is 20.8 Å². The van der Waals surface area contributed by atoms with Crippen molar-refractivity contribution in [3.63, 3.8) is 0 Å². The Bertz CT molecular complexity index is 706. The Balaban J connectivity index is 2.89. The molecule has 0 fully saturated rings. The number of aromatic nitrogens is 3. The first-order valence-corrected chi connectivity index (χ1v) is 11.2. The summed E-state index contributed by atoms with van der Waals surface area (Å²) in [6, 6.07) is 0. The lowest BCUT2D eigenvalue weighted by Crippen LogP contribution is -2.31. The van der Waals surface area contributed by atoms with Crippen LogP contribution in [0.1, 0.15) is 71.4 Å². The molecule has 1 aromatic rings. The van der Waals surface area contributed by atoms with E-state index < -0.39 is 0 Å². The number of carbonyl (C=O) groups is 4. The minimum atomic E-state index is -0.283. The molecule has 10 nitrogen and oxygen atoms in total. The van der Waals surface area contributed by atoms with Crippen LogP contribution in [0.2, 0.25) is 0 Å². The smallest absolute Gasteiger partial charge is 0.216 e. The Morgan fingerprint density at radius 3 is 1.62 bits per heavy atom. The molecule has 0 saturated carbocycles. The fourth-order valence-electron chi connectivity index (χ4n) is 3.98. The van der Waals surface area contributed by atoms with Gasteiger partial charge in [-0.1, -0.05) is 5.21 Å². The molecule has 0 saturated heterocycles. The topological polar surface area (TPSA) is 135 Å². The highest BCUT2D eigenvalue weighted by Gasteiger charge is 2.32. The van der Waals surface area contributed by atoms with Gasteiger partial charge in [-0.25, -0.2) is 0 Å². The number of amides is 3. The van der Waals surface area contributed by atoms with E-state index in [1.54, 1.807) is 17.9 Å². The lowest BCUT2D eigenvalue weighted by Gasteiger charge is -2.34. The molecule has 32 heavy (non-hydrogen) atoms. The van der Waals surface area contributed by atoms with Crippen LogP contribution in [-0.4, -0.2) is 58.1 Å². The molecule has 3 amide bonds. The molecule has 0 aliphatic rings. The number of rotatable bonds is 16. The van der Waals surface area contributed by atoms with Crippen LogP contribution in [0.5, 0.6) is 0 Å². The van der Waals surface area contributed by atoms with E-state index in [0.29, 0.717) is 31.7 Å². The lowest BCUT2D eigenvalue weighted by atomic mass is 9.71. The summed E-state index contributed by atoms with van der Waals surface area (Å²) in [5.41, 5.74) is 0.357. The third-order valence-corrected chi connectivity index (χ3v) is 5.37. The van der Waals surface area contributed by atoms with Crippen LogP contribution in [0.4, 0.5) is 0 Å². The van der Waals surface area contributed by atoms with E-state index in [2.05, 4.69) is 26.3 Å². The molecule has 0 aliphatic carbocycles. The first-order valence-electron chi connectivity index (χ1n) is 11.2. The second-order valence-corrected chi connectivity index (χ2v) is 8.54. The fourth-order valence-corrected chi connectivity index (χ4v) is 3.98. The lowest BCUT2D eigenvalue weighted by molar-refractivity contribution is -0.122. The van der Waals surface area contributed by atoms with Crippen LogP contribution in [0.15, 0.2) is 6.20 Å². The van der Waals surface area contributed by atoms with Gasteiger partial charge in [0, 0.05) is 60.1 Å². The molecule has 1 aromatic heterocycles. The summed E-state index contributed by atoms with van der Waals surface area (Å²) in [6.45, 7) is 6.10. The number of hydrogen-bond donors (Lipinski definition) is 3. The number of hydrogen-bond acceptors (Lipinski definition) is 6.